The molecule has 27 heavy (non-hydrogen) atoms. The van der Waals surface area contributed by atoms with E-state index >= 15 is 0 Å². The number of carbonyl (C=O) groups is 1. The summed E-state index contributed by atoms with van der Waals surface area (Å²) in [6.45, 7) is 0.257. The second-order valence-electron chi connectivity index (χ2n) is 6.04. The number of nitrogens with one attached hydrogen (secondary N) is 1. The second-order valence-corrected chi connectivity index (χ2v) is 8.06. The van der Waals surface area contributed by atoms with Gasteiger partial charge in [-0.25, -0.2) is 8.42 Å². The number of benzene rings is 2. The van der Waals surface area contributed by atoms with E-state index in [0.717, 1.165) is 0 Å². The Morgan fingerprint density at radius 3 is 2.70 bits per heavy atom. The molecular weight excluding hydrogens is 374 g/mol. The molecule has 0 aromatic heterocycles. The zero-order valence-electron chi connectivity index (χ0n) is 14.2. The number of rotatable bonds is 5. The molecule has 1 aliphatic heterocycles. The normalized spacial score (nSPS) is 15.5. The molecule has 1 aliphatic rings. The third kappa shape index (κ3) is 4.00. The van der Waals surface area contributed by atoms with Crippen LogP contribution in [0, 0.1) is 10.1 Å². The SMILES string of the molecule is O=C(NCc1cc([N+](=O)[O-])ccc1O)c1cccc(N2CCCS2(=O)=O)c1. The molecule has 2 aromatic carbocycles. The van der Waals surface area contributed by atoms with Crippen LogP contribution >= 0.6 is 0 Å². The van der Waals surface area contributed by atoms with Crippen molar-refractivity contribution in [3.05, 3.63) is 63.7 Å². The number of nitrogens with zero attached hydrogens (tertiary/aromatic N) is 2. The van der Waals surface area contributed by atoms with E-state index in [1.165, 1.54) is 34.6 Å². The van der Waals surface area contributed by atoms with Gasteiger partial charge in [-0.2, -0.15) is 0 Å². The molecule has 0 bridgehead atoms. The Morgan fingerprint density at radius 1 is 1.26 bits per heavy atom. The monoisotopic (exact) mass is 391 g/mol. The Hall–Kier alpha value is -3.14. The van der Waals surface area contributed by atoms with Crippen LogP contribution in [0.25, 0.3) is 0 Å². The van der Waals surface area contributed by atoms with Crippen molar-refractivity contribution in [3.63, 3.8) is 0 Å². The summed E-state index contributed by atoms with van der Waals surface area (Å²) in [5.41, 5.74) is 0.673. The first-order chi connectivity index (χ1) is 12.8. The molecule has 1 fully saturated rings. The summed E-state index contributed by atoms with van der Waals surface area (Å²) in [7, 11) is -3.35. The summed E-state index contributed by atoms with van der Waals surface area (Å²) >= 11 is 0. The summed E-state index contributed by atoms with van der Waals surface area (Å²) in [6, 6.07) is 9.76. The average molecular weight is 391 g/mol. The lowest BCUT2D eigenvalue weighted by Crippen LogP contribution is -2.26. The molecule has 0 saturated carbocycles. The number of hydrogen-bond acceptors (Lipinski definition) is 6. The quantitative estimate of drug-likeness (QED) is 0.590. The largest absolute Gasteiger partial charge is 0.508 e. The van der Waals surface area contributed by atoms with E-state index in [1.807, 2.05) is 0 Å². The number of non-ortho nitro benzene ring substituents is 1. The lowest BCUT2D eigenvalue weighted by Gasteiger charge is -2.17. The van der Waals surface area contributed by atoms with Crippen LogP contribution < -0.4 is 9.62 Å². The highest BCUT2D eigenvalue weighted by molar-refractivity contribution is 7.93. The number of phenolic OH excluding ortho intramolecular Hbond substituents is 1. The molecule has 0 atom stereocenters. The van der Waals surface area contributed by atoms with Gasteiger partial charge in [0.2, 0.25) is 10.0 Å². The Bertz CT molecular complexity index is 1010. The minimum atomic E-state index is -3.35. The lowest BCUT2D eigenvalue weighted by atomic mass is 10.1. The molecule has 10 heteroatoms. The van der Waals surface area contributed by atoms with E-state index in [9.17, 15) is 28.4 Å². The van der Waals surface area contributed by atoms with E-state index in [1.54, 1.807) is 12.1 Å². The Labute approximate surface area is 155 Å². The molecule has 2 aromatic rings. The molecule has 0 spiro atoms. The van der Waals surface area contributed by atoms with Gasteiger partial charge < -0.3 is 10.4 Å². The van der Waals surface area contributed by atoms with Crippen LogP contribution in [0.4, 0.5) is 11.4 Å². The molecule has 0 unspecified atom stereocenters. The van der Waals surface area contributed by atoms with Gasteiger partial charge in [0, 0.05) is 36.3 Å². The summed E-state index contributed by atoms with van der Waals surface area (Å²) in [5.74, 6) is -0.577. The summed E-state index contributed by atoms with van der Waals surface area (Å²) in [5, 5.41) is 23.2. The van der Waals surface area contributed by atoms with Gasteiger partial charge in [0.1, 0.15) is 5.75 Å². The van der Waals surface area contributed by atoms with Crippen molar-refractivity contribution in [3.8, 4) is 5.75 Å². The molecule has 2 N–H and O–H groups in total. The molecule has 1 heterocycles. The number of nitro benzene ring substituents is 1. The smallest absolute Gasteiger partial charge is 0.270 e. The maximum atomic E-state index is 12.4. The predicted molar refractivity (Wildman–Crippen MR) is 98.1 cm³/mol. The number of anilines is 1. The summed E-state index contributed by atoms with van der Waals surface area (Å²) in [4.78, 5) is 22.6. The molecular formula is C17H17N3O6S. The molecule has 0 radical (unpaired) electrons. The van der Waals surface area contributed by atoms with Gasteiger partial charge in [-0.05, 0) is 30.7 Å². The van der Waals surface area contributed by atoms with Crippen LogP contribution in [0.5, 0.6) is 5.75 Å². The van der Waals surface area contributed by atoms with E-state index < -0.39 is 20.9 Å². The predicted octanol–water partition coefficient (Wildman–Crippen LogP) is 1.77. The Kier molecular flexibility index (Phi) is 5.00. The van der Waals surface area contributed by atoms with Gasteiger partial charge >= 0.3 is 0 Å². The molecule has 142 valence electrons. The van der Waals surface area contributed by atoms with Crippen LogP contribution in [-0.2, 0) is 16.6 Å². The van der Waals surface area contributed by atoms with Crippen LogP contribution in [0.3, 0.4) is 0 Å². The van der Waals surface area contributed by atoms with Gasteiger partial charge in [0.05, 0.1) is 16.4 Å². The Morgan fingerprint density at radius 2 is 2.04 bits per heavy atom. The van der Waals surface area contributed by atoms with Crippen molar-refractivity contribution < 1.29 is 23.2 Å². The zero-order chi connectivity index (χ0) is 19.6. The fraction of sp³-hybridized carbons (Fsp3) is 0.235. The van der Waals surface area contributed by atoms with Gasteiger partial charge in [0.25, 0.3) is 11.6 Å². The highest BCUT2D eigenvalue weighted by atomic mass is 32.2. The standard InChI is InChI=1S/C17H17N3O6S/c21-16-6-5-15(20(23)24)10-13(16)11-18-17(22)12-3-1-4-14(9-12)19-7-2-8-27(19,25)26/h1,3-6,9-10,21H,2,7-8,11H2,(H,18,22). The van der Waals surface area contributed by atoms with Crippen LogP contribution in [0.15, 0.2) is 42.5 Å². The van der Waals surface area contributed by atoms with Gasteiger partial charge in [0.15, 0.2) is 0 Å². The van der Waals surface area contributed by atoms with Crippen LogP contribution in [0.1, 0.15) is 22.3 Å². The highest BCUT2D eigenvalue weighted by Crippen LogP contribution is 2.25. The third-order valence-electron chi connectivity index (χ3n) is 4.21. The van der Waals surface area contributed by atoms with Crippen molar-refractivity contribution in [2.45, 2.75) is 13.0 Å². The summed E-state index contributed by atoms with van der Waals surface area (Å²) in [6.07, 6.45) is 0.533. The number of sulfonamides is 1. The van der Waals surface area contributed by atoms with Crippen molar-refractivity contribution in [2.75, 3.05) is 16.6 Å². The number of carbonyl (C=O) groups excluding carboxylic acids is 1. The van der Waals surface area contributed by atoms with Crippen molar-refractivity contribution >= 4 is 27.3 Å². The van der Waals surface area contributed by atoms with Crippen molar-refractivity contribution in [2.24, 2.45) is 0 Å². The molecule has 1 saturated heterocycles. The van der Waals surface area contributed by atoms with Crippen molar-refractivity contribution in [1.82, 2.24) is 5.32 Å². The fourth-order valence-corrected chi connectivity index (χ4v) is 4.39. The minimum absolute atomic E-state index is 0.0789. The van der Waals surface area contributed by atoms with E-state index in [0.29, 0.717) is 18.7 Å². The Balaban J connectivity index is 1.75. The first-order valence-corrected chi connectivity index (χ1v) is 9.74. The maximum absolute atomic E-state index is 12.4. The lowest BCUT2D eigenvalue weighted by molar-refractivity contribution is -0.384. The highest BCUT2D eigenvalue weighted by Gasteiger charge is 2.28. The van der Waals surface area contributed by atoms with Crippen molar-refractivity contribution in [1.29, 1.82) is 0 Å². The van der Waals surface area contributed by atoms with E-state index in [2.05, 4.69) is 5.32 Å². The van der Waals surface area contributed by atoms with E-state index in [4.69, 9.17) is 0 Å². The van der Waals surface area contributed by atoms with Crippen LogP contribution in [-0.4, -0.2) is 36.7 Å². The molecule has 9 nitrogen and oxygen atoms in total. The number of phenols is 1. The van der Waals surface area contributed by atoms with Gasteiger partial charge in [-0.15, -0.1) is 0 Å². The number of nitro groups is 1. The first-order valence-electron chi connectivity index (χ1n) is 8.13. The maximum Gasteiger partial charge on any atom is 0.270 e. The van der Waals surface area contributed by atoms with Gasteiger partial charge in [-0.3, -0.25) is 19.2 Å². The molecule has 1 amide bonds. The number of amides is 1. The van der Waals surface area contributed by atoms with Crippen LogP contribution in [0.2, 0.25) is 0 Å². The third-order valence-corrected chi connectivity index (χ3v) is 6.08. The minimum Gasteiger partial charge on any atom is -0.508 e. The molecule has 0 aliphatic carbocycles. The number of aromatic hydroxyl groups is 1. The second kappa shape index (κ2) is 7.23. The zero-order valence-corrected chi connectivity index (χ0v) is 15.0. The average Bonchev–Trinajstić information content (AvgIpc) is 2.99. The topological polar surface area (TPSA) is 130 Å². The van der Waals surface area contributed by atoms with E-state index in [-0.39, 0.29) is 34.9 Å². The first kappa shape index (κ1) is 18.6. The fourth-order valence-electron chi connectivity index (χ4n) is 2.84. The summed E-state index contributed by atoms with van der Waals surface area (Å²) < 4.78 is 25.3. The van der Waals surface area contributed by atoms with Gasteiger partial charge in [-0.1, -0.05) is 6.07 Å². The number of hydrogen-bond donors (Lipinski definition) is 2. The molecule has 3 rings (SSSR count).